The molecule has 2 aliphatic carbocycles. The van der Waals surface area contributed by atoms with Gasteiger partial charge in [-0.05, 0) is 101 Å². The summed E-state index contributed by atoms with van der Waals surface area (Å²) in [6.07, 6.45) is 9.16. The van der Waals surface area contributed by atoms with Gasteiger partial charge in [-0.2, -0.15) is 0 Å². The Balaban J connectivity index is 1.77. The zero-order valence-electron chi connectivity index (χ0n) is 31.8. The summed E-state index contributed by atoms with van der Waals surface area (Å²) < 4.78 is 25.9. The fourth-order valence-corrected chi connectivity index (χ4v) is 8.12. The van der Waals surface area contributed by atoms with Crippen molar-refractivity contribution in [2.45, 2.75) is 96.0 Å². The summed E-state index contributed by atoms with van der Waals surface area (Å²) in [6, 6.07) is 12.1. The Morgan fingerprint density at radius 3 is 2.49 bits per heavy atom. The minimum absolute atomic E-state index is 0.0634. The van der Waals surface area contributed by atoms with Crippen LogP contribution in [0.5, 0.6) is 17.2 Å². The lowest BCUT2D eigenvalue weighted by Crippen LogP contribution is -2.69. The number of aliphatic hydroxyl groups excluding tert-OH is 2. The van der Waals surface area contributed by atoms with E-state index in [9.17, 15) is 19.8 Å². The Bertz CT molecular complexity index is 1650. The molecule has 11 heteroatoms. The van der Waals surface area contributed by atoms with E-state index in [0.717, 1.165) is 43.1 Å². The van der Waals surface area contributed by atoms with Crippen LogP contribution in [0.25, 0.3) is 0 Å². The highest BCUT2D eigenvalue weighted by Gasteiger charge is 2.65. The van der Waals surface area contributed by atoms with E-state index in [1.807, 2.05) is 45.0 Å². The third-order valence-corrected chi connectivity index (χ3v) is 10.3. The van der Waals surface area contributed by atoms with Gasteiger partial charge in [-0.3, -0.25) is 4.79 Å². The summed E-state index contributed by atoms with van der Waals surface area (Å²) in [5, 5.41) is 24.4. The maximum absolute atomic E-state index is 13.6. The average Bonchev–Trinajstić information content (AvgIpc) is 3.14. The summed E-state index contributed by atoms with van der Waals surface area (Å²) in [6.45, 7) is 12.1. The number of hydrogen-bond donors (Lipinski definition) is 2. The molecule has 288 valence electrons. The van der Waals surface area contributed by atoms with Gasteiger partial charge in [0.05, 0.1) is 24.8 Å². The van der Waals surface area contributed by atoms with E-state index in [1.54, 1.807) is 43.1 Å². The summed E-state index contributed by atoms with van der Waals surface area (Å²) >= 11 is 0. The molecule has 0 radical (unpaired) electrons. The molecule has 0 bridgehead atoms. The highest BCUT2D eigenvalue weighted by molar-refractivity contribution is 6.03. The van der Waals surface area contributed by atoms with E-state index in [1.165, 1.54) is 0 Å². The molecular formula is C42H56N2O9. The number of amides is 1. The minimum Gasteiger partial charge on any atom is -0.459 e. The molecule has 53 heavy (non-hydrogen) atoms. The lowest BCUT2D eigenvalue weighted by molar-refractivity contribution is -0.253. The molecule has 2 aromatic rings. The molecule has 3 aliphatic rings. The largest absolute Gasteiger partial charge is 0.459 e. The molecule has 11 nitrogen and oxygen atoms in total. The molecule has 5 rings (SSSR count). The molecular weight excluding hydrogens is 676 g/mol. The van der Waals surface area contributed by atoms with Gasteiger partial charge in [-0.25, -0.2) is 4.79 Å². The van der Waals surface area contributed by atoms with Gasteiger partial charge in [0.25, 0.3) is 0 Å². The van der Waals surface area contributed by atoms with Crippen molar-refractivity contribution in [2.75, 3.05) is 33.5 Å². The molecule has 1 fully saturated rings. The number of likely N-dealkylation sites (N-methyl/N-ethyl adjacent to an activating group) is 1. The molecule has 0 saturated heterocycles. The van der Waals surface area contributed by atoms with E-state index in [0.29, 0.717) is 41.4 Å². The molecule has 1 saturated carbocycles. The zero-order chi connectivity index (χ0) is 38.2. The van der Waals surface area contributed by atoms with Crippen LogP contribution in [0.2, 0.25) is 0 Å². The van der Waals surface area contributed by atoms with Crippen LogP contribution in [0.1, 0.15) is 94.5 Å². The van der Waals surface area contributed by atoms with Crippen molar-refractivity contribution in [3.05, 3.63) is 77.9 Å². The number of allylic oxidation sites excluding steroid dienone is 1. The molecule has 1 heterocycles. The van der Waals surface area contributed by atoms with E-state index in [2.05, 4.69) is 12.7 Å². The molecule has 2 aromatic carbocycles. The molecule has 1 amide bonds. The third-order valence-electron chi connectivity index (χ3n) is 10.3. The van der Waals surface area contributed by atoms with Crippen LogP contribution in [-0.2, 0) is 14.3 Å². The van der Waals surface area contributed by atoms with Crippen LogP contribution in [0.4, 0.5) is 4.79 Å². The van der Waals surface area contributed by atoms with Crippen molar-refractivity contribution in [2.24, 2.45) is 22.9 Å². The van der Waals surface area contributed by atoms with Crippen molar-refractivity contribution in [3.63, 3.8) is 0 Å². The second kappa shape index (κ2) is 17.8. The number of ether oxygens (including phenoxy) is 4. The first-order valence-electron chi connectivity index (χ1n) is 18.9. The number of oxime groups is 1. The van der Waals surface area contributed by atoms with Crippen molar-refractivity contribution < 1.29 is 43.6 Å². The predicted octanol–water partition coefficient (Wildman–Crippen LogP) is 7.81. The Labute approximate surface area is 313 Å². The zero-order valence-corrected chi connectivity index (χ0v) is 31.8. The van der Waals surface area contributed by atoms with Crippen LogP contribution in [-0.4, -0.2) is 84.1 Å². The molecule has 0 aromatic heterocycles. The summed E-state index contributed by atoms with van der Waals surface area (Å²) in [5.41, 5.74) is 2.51. The van der Waals surface area contributed by atoms with Gasteiger partial charge >= 0.3 is 6.09 Å². The van der Waals surface area contributed by atoms with Gasteiger partial charge in [0.15, 0.2) is 0 Å². The second-order valence-electron chi connectivity index (χ2n) is 15.1. The molecule has 6 atom stereocenters. The van der Waals surface area contributed by atoms with Gasteiger partial charge in [0.1, 0.15) is 35.2 Å². The van der Waals surface area contributed by atoms with Gasteiger partial charge in [-0.1, -0.05) is 42.3 Å². The normalized spacial score (nSPS) is 25.3. The number of nitrogens with zero attached hydrogens (tertiary/aromatic N) is 2. The predicted molar refractivity (Wildman–Crippen MR) is 202 cm³/mol. The summed E-state index contributed by atoms with van der Waals surface area (Å²) in [4.78, 5) is 32.8. The number of aldehydes is 1. The first kappa shape index (κ1) is 40.0. The fraction of sp³-hybridized carbons (Fsp3) is 0.548. The fourth-order valence-electron chi connectivity index (χ4n) is 8.12. The van der Waals surface area contributed by atoms with Crippen LogP contribution < -0.4 is 9.47 Å². The van der Waals surface area contributed by atoms with E-state index in [4.69, 9.17) is 28.9 Å². The Morgan fingerprint density at radius 1 is 1.08 bits per heavy atom. The van der Waals surface area contributed by atoms with Gasteiger partial charge in [-0.15, -0.1) is 6.58 Å². The maximum Gasteiger partial charge on any atom is 0.409 e. The number of carbonyl (C=O) groups is 2. The first-order valence-corrected chi connectivity index (χ1v) is 18.9. The van der Waals surface area contributed by atoms with Gasteiger partial charge in [0, 0.05) is 43.7 Å². The van der Waals surface area contributed by atoms with E-state index >= 15 is 0 Å². The van der Waals surface area contributed by atoms with Crippen LogP contribution >= 0.6 is 0 Å². The molecule has 2 N–H and O–H groups in total. The number of aliphatic hydroxyl groups is 2. The monoisotopic (exact) mass is 732 g/mol. The van der Waals surface area contributed by atoms with Crippen LogP contribution in [0.15, 0.2) is 71.9 Å². The number of carbonyl (C=O) groups excluding carboxylic acids is 2. The molecule has 6 unspecified atom stereocenters. The second-order valence-corrected chi connectivity index (χ2v) is 15.1. The quantitative estimate of drug-likeness (QED) is 0.0722. The van der Waals surface area contributed by atoms with Crippen LogP contribution in [0.3, 0.4) is 0 Å². The molecule has 0 spiro atoms. The first-order chi connectivity index (χ1) is 25.5. The average molecular weight is 733 g/mol. The summed E-state index contributed by atoms with van der Waals surface area (Å²) in [7, 11) is 1.70. The van der Waals surface area contributed by atoms with E-state index < -0.39 is 29.4 Å². The Hall–Kier alpha value is -4.19. The van der Waals surface area contributed by atoms with Crippen molar-refractivity contribution in [1.82, 2.24) is 4.90 Å². The summed E-state index contributed by atoms with van der Waals surface area (Å²) in [5.74, 6) is -0.145. The number of rotatable bonds is 17. The van der Waals surface area contributed by atoms with Gasteiger partial charge < -0.3 is 38.9 Å². The lowest BCUT2D eigenvalue weighted by Gasteiger charge is -2.59. The number of hydrogen-bond acceptors (Lipinski definition) is 10. The smallest absolute Gasteiger partial charge is 0.409 e. The Morgan fingerprint density at radius 2 is 1.81 bits per heavy atom. The van der Waals surface area contributed by atoms with Crippen molar-refractivity contribution in [1.29, 1.82) is 0 Å². The van der Waals surface area contributed by atoms with Gasteiger partial charge in [0.2, 0.25) is 5.79 Å². The number of unbranched alkanes of at least 4 members (excludes halogenated alkanes) is 2. The third kappa shape index (κ3) is 8.96. The Kier molecular flexibility index (Phi) is 13.4. The number of benzene rings is 2. The van der Waals surface area contributed by atoms with Crippen molar-refractivity contribution in [3.8, 4) is 17.2 Å². The topological polar surface area (TPSA) is 136 Å². The van der Waals surface area contributed by atoms with Crippen LogP contribution in [0, 0.1) is 17.8 Å². The van der Waals surface area contributed by atoms with Crippen molar-refractivity contribution >= 4 is 18.1 Å². The highest BCUT2D eigenvalue weighted by atomic mass is 16.7. The number of fused-ring (bicyclic) bond motifs is 2. The highest BCUT2D eigenvalue weighted by Crippen LogP contribution is 2.62. The molecule has 1 aliphatic heterocycles. The SMILES string of the molecule is C=CCOC12Oc3ccc(Oc4cccc(C=O)c4)cc3C3C(CCCCO)C(CCCCO)C=C(C(=NOC(C)(C)C)CC1N(C)C(=O)OCC)C32. The van der Waals surface area contributed by atoms with E-state index in [-0.39, 0.29) is 50.6 Å². The standard InChI is InChI=1S/C42H56N2O9/c1-7-22-50-42-37(44(6)40(48)49-8-2)26-35(43-53-41(3,4)5)33-24-29(15-9-11-20-45)32(17-10-12-21-46)38(39(33)42)34-25-31(18-19-36(34)52-42)51-30-16-13-14-28(23-30)27-47/h7,13-14,16,18-19,23-25,27,29,32,37-39,45-46H,1,8-12,15,17,20-22,26H2,2-6H3. The maximum atomic E-state index is 13.6. The minimum atomic E-state index is -1.37. The lowest BCUT2D eigenvalue weighted by atomic mass is 9.55.